The van der Waals surface area contributed by atoms with Crippen LogP contribution < -0.4 is 11.1 Å². The first-order valence-corrected chi connectivity index (χ1v) is 14.0. The molecule has 10 heteroatoms. The number of benzene rings is 2. The van der Waals surface area contributed by atoms with Gasteiger partial charge in [0.2, 0.25) is 11.8 Å². The quantitative estimate of drug-likeness (QED) is 0.132. The molecule has 2 unspecified atom stereocenters. The monoisotopic (exact) mass is 562 g/mol. The third-order valence-corrected chi connectivity index (χ3v) is 7.91. The van der Waals surface area contributed by atoms with Crippen molar-refractivity contribution in [2.45, 2.75) is 44.6 Å². The number of thiophene rings is 1. The zero-order valence-corrected chi connectivity index (χ0v) is 23.5. The maximum Gasteiger partial charge on any atom is 0.243 e. The molecule has 4 N–H and O–H groups in total. The lowest BCUT2D eigenvalue weighted by Crippen LogP contribution is -2.46. The summed E-state index contributed by atoms with van der Waals surface area (Å²) in [6, 6.07) is 18.2. The third kappa shape index (κ3) is 6.82. The fraction of sp³-hybridized carbons (Fsp3) is 0.333. The number of carbonyl (C=O) groups excluding carboxylic acids is 3. The SMILES string of the molecule is CCOC1(OC)CC(C(=O)NCc2cc(C(=N)N)cs2)N(C(=O)CCC(=O)c2ccc(-c3ccccc3)cc2)C1. The number of methoxy groups -OCH3 is 1. The standard InChI is InChI=1S/C30H34N4O5S/c1-3-39-30(38-2)16-25(29(37)33-17-24-15-23(18-40-24)28(31)32)34(19-30)27(36)14-13-26(35)22-11-9-21(10-12-22)20-7-5-4-6-8-20/h4-12,15,18,25H,3,13-14,16-17,19H2,1-2H3,(H3,31,32)(H,33,37). The lowest BCUT2D eigenvalue weighted by Gasteiger charge is -2.27. The molecule has 1 fully saturated rings. The van der Waals surface area contributed by atoms with Gasteiger partial charge in [0.25, 0.3) is 0 Å². The molecule has 0 saturated carbocycles. The highest BCUT2D eigenvalue weighted by Gasteiger charge is 2.49. The number of ether oxygens (including phenoxy) is 2. The average molecular weight is 563 g/mol. The summed E-state index contributed by atoms with van der Waals surface area (Å²) in [5.41, 5.74) is 8.73. The summed E-state index contributed by atoms with van der Waals surface area (Å²) in [5, 5.41) is 12.2. The molecule has 0 radical (unpaired) electrons. The number of nitrogens with zero attached hydrogens (tertiary/aromatic N) is 1. The van der Waals surface area contributed by atoms with E-state index in [1.807, 2.05) is 49.4 Å². The van der Waals surface area contributed by atoms with Crippen LogP contribution in [0.1, 0.15) is 47.0 Å². The maximum absolute atomic E-state index is 13.3. The minimum absolute atomic E-state index is 0.0198. The Hall–Kier alpha value is -3.86. The maximum atomic E-state index is 13.3. The van der Waals surface area contributed by atoms with Gasteiger partial charge in [0.05, 0.1) is 13.1 Å². The summed E-state index contributed by atoms with van der Waals surface area (Å²) in [7, 11) is 1.50. The molecule has 0 aliphatic carbocycles. The number of hydrogen-bond acceptors (Lipinski definition) is 7. The first kappa shape index (κ1) is 29.1. The zero-order valence-electron chi connectivity index (χ0n) is 22.6. The molecule has 9 nitrogen and oxygen atoms in total. The van der Waals surface area contributed by atoms with Crippen LogP contribution in [0.3, 0.4) is 0 Å². The van der Waals surface area contributed by atoms with Gasteiger partial charge in [-0.3, -0.25) is 19.8 Å². The number of carbonyl (C=O) groups is 3. The summed E-state index contributed by atoms with van der Waals surface area (Å²) >= 11 is 1.39. The molecule has 2 atom stereocenters. The predicted octanol–water partition coefficient (Wildman–Crippen LogP) is 3.96. The van der Waals surface area contributed by atoms with Crippen LogP contribution in [0.25, 0.3) is 11.1 Å². The van der Waals surface area contributed by atoms with E-state index >= 15 is 0 Å². The van der Waals surface area contributed by atoms with Gasteiger partial charge in [0, 0.05) is 54.4 Å². The van der Waals surface area contributed by atoms with Crippen LogP contribution in [0.5, 0.6) is 0 Å². The minimum Gasteiger partial charge on any atom is -0.384 e. The summed E-state index contributed by atoms with van der Waals surface area (Å²) in [6.07, 6.45) is 0.154. The Bertz CT molecular complexity index is 1360. The smallest absolute Gasteiger partial charge is 0.243 e. The van der Waals surface area contributed by atoms with Crippen LogP contribution in [0.2, 0.25) is 0 Å². The van der Waals surface area contributed by atoms with E-state index in [1.54, 1.807) is 23.6 Å². The zero-order chi connectivity index (χ0) is 28.7. The summed E-state index contributed by atoms with van der Waals surface area (Å²) in [5.74, 6) is -1.94. The van der Waals surface area contributed by atoms with E-state index in [9.17, 15) is 14.4 Å². The molecule has 1 saturated heterocycles. The van der Waals surface area contributed by atoms with E-state index < -0.39 is 11.8 Å². The van der Waals surface area contributed by atoms with Crippen molar-refractivity contribution in [3.05, 3.63) is 82.0 Å². The number of amides is 2. The van der Waals surface area contributed by atoms with Gasteiger partial charge >= 0.3 is 0 Å². The number of amidine groups is 1. The summed E-state index contributed by atoms with van der Waals surface area (Å²) in [4.78, 5) is 41.8. The molecule has 2 heterocycles. The van der Waals surface area contributed by atoms with Gasteiger partial charge in [-0.1, -0.05) is 54.6 Å². The Morgan fingerprint density at radius 2 is 1.77 bits per heavy atom. The van der Waals surface area contributed by atoms with Gasteiger partial charge in [-0.2, -0.15) is 0 Å². The highest BCUT2D eigenvalue weighted by Crippen LogP contribution is 2.32. The normalized spacial score (nSPS) is 18.4. The summed E-state index contributed by atoms with van der Waals surface area (Å²) < 4.78 is 11.5. The van der Waals surface area contributed by atoms with Gasteiger partial charge in [-0.05, 0) is 24.1 Å². The molecular formula is C30H34N4O5S. The fourth-order valence-corrected chi connectivity index (χ4v) is 5.63. The summed E-state index contributed by atoms with van der Waals surface area (Å²) in [6.45, 7) is 2.50. The second-order valence-corrected chi connectivity index (χ2v) is 10.6. The molecule has 210 valence electrons. The molecule has 40 heavy (non-hydrogen) atoms. The minimum atomic E-state index is -1.10. The van der Waals surface area contributed by atoms with Crippen molar-refractivity contribution in [1.82, 2.24) is 10.2 Å². The Balaban J connectivity index is 1.40. The van der Waals surface area contributed by atoms with Crippen molar-refractivity contribution in [3.8, 4) is 11.1 Å². The van der Waals surface area contributed by atoms with Crippen LogP contribution in [-0.2, 0) is 25.6 Å². The number of Topliss-reactive ketones (excluding diaryl/α,β-unsaturated/α-hetero) is 1. The molecule has 0 bridgehead atoms. The number of likely N-dealkylation sites (tertiary alicyclic amines) is 1. The molecule has 2 amide bonds. The van der Waals surface area contributed by atoms with Gasteiger partial charge in [0.1, 0.15) is 11.9 Å². The topological polar surface area (TPSA) is 135 Å². The molecule has 1 aromatic heterocycles. The molecule has 2 aromatic carbocycles. The molecule has 1 aliphatic rings. The third-order valence-electron chi connectivity index (χ3n) is 6.98. The molecule has 3 aromatic rings. The van der Waals surface area contributed by atoms with Crippen molar-refractivity contribution in [2.75, 3.05) is 20.3 Å². The van der Waals surface area contributed by atoms with Crippen LogP contribution in [0.4, 0.5) is 0 Å². The van der Waals surface area contributed by atoms with E-state index in [-0.39, 0.29) is 55.8 Å². The highest BCUT2D eigenvalue weighted by molar-refractivity contribution is 7.10. The van der Waals surface area contributed by atoms with Gasteiger partial charge in [-0.15, -0.1) is 11.3 Å². The Morgan fingerprint density at radius 3 is 2.40 bits per heavy atom. The predicted molar refractivity (Wildman–Crippen MR) is 154 cm³/mol. The second-order valence-electron chi connectivity index (χ2n) is 9.59. The Labute approximate surface area is 237 Å². The van der Waals surface area contributed by atoms with Crippen molar-refractivity contribution in [1.29, 1.82) is 5.41 Å². The number of rotatable bonds is 12. The van der Waals surface area contributed by atoms with E-state index in [2.05, 4.69) is 5.32 Å². The lowest BCUT2D eigenvalue weighted by atomic mass is 10.0. The van der Waals surface area contributed by atoms with Crippen molar-refractivity contribution in [3.63, 3.8) is 0 Å². The number of ketones is 1. The van der Waals surface area contributed by atoms with Crippen LogP contribution in [-0.4, -0.2) is 60.4 Å². The van der Waals surface area contributed by atoms with E-state index in [0.29, 0.717) is 17.7 Å². The number of nitrogens with one attached hydrogen (secondary N) is 2. The van der Waals surface area contributed by atoms with Crippen LogP contribution in [0.15, 0.2) is 66.0 Å². The fourth-order valence-electron chi connectivity index (χ4n) is 4.80. The first-order valence-electron chi connectivity index (χ1n) is 13.1. The Kier molecular flexibility index (Phi) is 9.46. The molecule has 1 aliphatic heterocycles. The van der Waals surface area contributed by atoms with Gasteiger partial charge < -0.3 is 25.4 Å². The largest absolute Gasteiger partial charge is 0.384 e. The van der Waals surface area contributed by atoms with Crippen LogP contribution in [0, 0.1) is 5.41 Å². The molecular weight excluding hydrogens is 528 g/mol. The van der Waals surface area contributed by atoms with Crippen LogP contribution >= 0.6 is 11.3 Å². The van der Waals surface area contributed by atoms with E-state index in [0.717, 1.165) is 16.0 Å². The van der Waals surface area contributed by atoms with Gasteiger partial charge in [-0.25, -0.2) is 0 Å². The average Bonchev–Trinajstić information content (AvgIpc) is 3.61. The van der Waals surface area contributed by atoms with Crippen molar-refractivity contribution < 1.29 is 23.9 Å². The Morgan fingerprint density at radius 1 is 1.07 bits per heavy atom. The first-order chi connectivity index (χ1) is 19.2. The van der Waals surface area contributed by atoms with E-state index in [4.69, 9.17) is 20.6 Å². The van der Waals surface area contributed by atoms with Crippen molar-refractivity contribution >= 4 is 34.8 Å². The molecule has 4 rings (SSSR count). The second kappa shape index (κ2) is 13.0. The van der Waals surface area contributed by atoms with Gasteiger partial charge in [0.15, 0.2) is 11.6 Å². The lowest BCUT2D eigenvalue weighted by molar-refractivity contribution is -0.210. The number of nitrogens with two attached hydrogens (primary N) is 1. The molecule has 0 spiro atoms. The number of nitrogen functional groups attached to an aromatic ring is 1. The van der Waals surface area contributed by atoms with Crippen molar-refractivity contribution in [2.24, 2.45) is 5.73 Å². The number of hydrogen-bond donors (Lipinski definition) is 3. The van der Waals surface area contributed by atoms with E-state index in [1.165, 1.54) is 23.3 Å². The highest BCUT2D eigenvalue weighted by atomic mass is 32.1.